The first kappa shape index (κ1) is 20.0. The number of nitrogens with zero attached hydrogens (tertiary/aromatic N) is 6. The van der Waals surface area contributed by atoms with Gasteiger partial charge in [-0.2, -0.15) is 5.10 Å². The number of imidazole rings is 1. The van der Waals surface area contributed by atoms with E-state index in [1.54, 1.807) is 35.2 Å². The summed E-state index contributed by atoms with van der Waals surface area (Å²) in [5.74, 6) is 0.715. The molecule has 0 saturated carbocycles. The average molecular weight is 446 g/mol. The summed E-state index contributed by atoms with van der Waals surface area (Å²) in [6.07, 6.45) is 8.54. The van der Waals surface area contributed by atoms with Crippen LogP contribution in [0.5, 0.6) is 5.75 Å². The van der Waals surface area contributed by atoms with Gasteiger partial charge in [0.15, 0.2) is 5.65 Å². The zero-order valence-corrected chi connectivity index (χ0v) is 18.1. The molecule has 168 valence electrons. The lowest BCUT2D eigenvalue weighted by Crippen LogP contribution is -2.55. The number of hydrogen-bond donors (Lipinski definition) is 2. The van der Waals surface area contributed by atoms with Crippen LogP contribution in [0.15, 0.2) is 55.1 Å². The maximum absolute atomic E-state index is 14.9. The molecule has 2 bridgehead atoms. The maximum Gasteiger partial charge on any atom is 0.154 e. The number of nitrogens with one attached hydrogen (secondary N) is 1. The van der Waals surface area contributed by atoms with Gasteiger partial charge in [0.1, 0.15) is 17.7 Å². The number of benzene rings is 1. The molecule has 4 atom stereocenters. The van der Waals surface area contributed by atoms with Crippen LogP contribution in [0.4, 0.5) is 10.2 Å². The Morgan fingerprint density at radius 3 is 2.85 bits per heavy atom. The van der Waals surface area contributed by atoms with Gasteiger partial charge in [-0.15, -0.1) is 0 Å². The zero-order valence-electron chi connectivity index (χ0n) is 18.1. The molecule has 33 heavy (non-hydrogen) atoms. The molecule has 2 aliphatic rings. The molecule has 2 aliphatic heterocycles. The Morgan fingerprint density at radius 1 is 1.15 bits per heavy atom. The highest BCUT2D eigenvalue weighted by molar-refractivity contribution is 5.73. The Kier molecular flexibility index (Phi) is 4.72. The normalized spacial score (nSPS) is 24.3. The van der Waals surface area contributed by atoms with Crippen LogP contribution in [0.3, 0.4) is 0 Å². The van der Waals surface area contributed by atoms with Gasteiger partial charge < -0.3 is 15.3 Å². The summed E-state index contributed by atoms with van der Waals surface area (Å²) in [4.78, 5) is 15.5. The third-order valence-corrected chi connectivity index (χ3v) is 6.86. The van der Waals surface area contributed by atoms with Crippen LogP contribution >= 0.6 is 0 Å². The number of phenols is 1. The molecular formula is C24H24FN7O. The molecule has 2 saturated heterocycles. The van der Waals surface area contributed by atoms with E-state index in [2.05, 4.69) is 25.4 Å². The zero-order chi connectivity index (χ0) is 22.5. The standard InChI is InChI=1S/C24H24FN7O/c1-31(20-10-15-5-7-17(29-15)24(20)25)23-12-26-18(11-27-23)16-6-4-14(9-21(16)33)19-13-32-22(30-19)3-2-8-28-32/h2-4,6,8-9,11-13,15,17,20,24,29,33H,5,7,10H2,1H3/t15-,17+,20-,24+/m0/s1. The fourth-order valence-electron chi connectivity index (χ4n) is 5.04. The molecule has 0 amide bonds. The van der Waals surface area contributed by atoms with E-state index in [0.717, 1.165) is 36.2 Å². The number of phenolic OH excluding ortho intramolecular Hbond substituents is 1. The molecule has 2 N–H and O–H groups in total. The number of hydrogen-bond acceptors (Lipinski definition) is 7. The first-order valence-corrected chi connectivity index (χ1v) is 11.2. The van der Waals surface area contributed by atoms with Gasteiger partial charge in [-0.05, 0) is 43.5 Å². The number of fused-ring (bicyclic) bond motifs is 3. The van der Waals surface area contributed by atoms with Crippen molar-refractivity contribution in [1.82, 2.24) is 29.9 Å². The van der Waals surface area contributed by atoms with Crippen LogP contribution in [0.25, 0.3) is 28.2 Å². The Balaban J connectivity index is 1.23. The lowest BCUT2D eigenvalue weighted by molar-refractivity contribution is 0.176. The summed E-state index contributed by atoms with van der Waals surface area (Å²) < 4.78 is 16.6. The summed E-state index contributed by atoms with van der Waals surface area (Å²) >= 11 is 0. The highest BCUT2D eigenvalue weighted by atomic mass is 19.1. The number of rotatable bonds is 4. The second-order valence-electron chi connectivity index (χ2n) is 8.85. The van der Waals surface area contributed by atoms with Gasteiger partial charge in [-0.25, -0.2) is 18.9 Å². The third-order valence-electron chi connectivity index (χ3n) is 6.86. The maximum atomic E-state index is 14.9. The molecule has 6 rings (SSSR count). The minimum Gasteiger partial charge on any atom is -0.507 e. The number of piperidine rings is 1. The van der Waals surface area contributed by atoms with Crippen molar-refractivity contribution in [3.05, 3.63) is 55.1 Å². The summed E-state index contributed by atoms with van der Waals surface area (Å²) in [5.41, 5.74) is 3.36. The summed E-state index contributed by atoms with van der Waals surface area (Å²) in [6, 6.07) is 9.15. The van der Waals surface area contributed by atoms with E-state index in [4.69, 9.17) is 0 Å². The SMILES string of the molecule is CN(c1cnc(-c2ccc(-c3cn4ncccc4n3)cc2O)cn1)[C@H]1C[C@@H]2CC[C@@H](N2)[C@H]1F. The van der Waals surface area contributed by atoms with Gasteiger partial charge in [-0.3, -0.25) is 4.98 Å². The summed E-state index contributed by atoms with van der Waals surface area (Å²) in [5, 5.41) is 18.3. The van der Waals surface area contributed by atoms with E-state index < -0.39 is 6.17 Å². The molecule has 4 aromatic rings. The van der Waals surface area contributed by atoms with Crippen LogP contribution in [-0.4, -0.2) is 61.0 Å². The van der Waals surface area contributed by atoms with E-state index >= 15 is 0 Å². The van der Waals surface area contributed by atoms with Gasteiger partial charge in [0.25, 0.3) is 0 Å². The molecular weight excluding hydrogens is 421 g/mol. The quantitative estimate of drug-likeness (QED) is 0.498. The number of halogens is 1. The molecule has 1 aromatic carbocycles. The van der Waals surface area contributed by atoms with Gasteiger partial charge in [-0.1, -0.05) is 6.07 Å². The lowest BCUT2D eigenvalue weighted by Gasteiger charge is -2.38. The predicted octanol–water partition coefficient (Wildman–Crippen LogP) is 3.23. The fourth-order valence-corrected chi connectivity index (χ4v) is 5.04. The predicted molar refractivity (Wildman–Crippen MR) is 123 cm³/mol. The highest BCUT2D eigenvalue weighted by Gasteiger charge is 2.43. The van der Waals surface area contributed by atoms with E-state index in [0.29, 0.717) is 23.1 Å². The largest absolute Gasteiger partial charge is 0.507 e. The smallest absolute Gasteiger partial charge is 0.154 e. The van der Waals surface area contributed by atoms with Crippen molar-refractivity contribution in [1.29, 1.82) is 0 Å². The molecule has 3 aromatic heterocycles. The van der Waals surface area contributed by atoms with Crippen LogP contribution in [0.2, 0.25) is 0 Å². The van der Waals surface area contributed by atoms with E-state index in [1.165, 1.54) is 0 Å². The Hall–Kier alpha value is -3.59. The van der Waals surface area contributed by atoms with Crippen molar-refractivity contribution in [3.8, 4) is 28.3 Å². The highest BCUT2D eigenvalue weighted by Crippen LogP contribution is 2.35. The molecule has 0 spiro atoms. The summed E-state index contributed by atoms with van der Waals surface area (Å²) in [6.45, 7) is 0. The second-order valence-corrected chi connectivity index (χ2v) is 8.85. The number of aromatic nitrogens is 5. The van der Waals surface area contributed by atoms with Crippen LogP contribution < -0.4 is 10.2 Å². The second kappa shape index (κ2) is 7.77. The van der Waals surface area contributed by atoms with Crippen molar-refractivity contribution in [2.45, 2.75) is 43.6 Å². The van der Waals surface area contributed by atoms with Crippen molar-refractivity contribution in [2.75, 3.05) is 11.9 Å². The number of alkyl halides is 1. The van der Waals surface area contributed by atoms with E-state index in [-0.39, 0.29) is 17.8 Å². The Labute approximate surface area is 190 Å². The van der Waals surface area contributed by atoms with Gasteiger partial charge in [0, 0.05) is 36.5 Å². The number of anilines is 1. The molecule has 8 nitrogen and oxygen atoms in total. The van der Waals surface area contributed by atoms with Crippen molar-refractivity contribution in [2.24, 2.45) is 0 Å². The van der Waals surface area contributed by atoms with Gasteiger partial charge in [0.2, 0.25) is 0 Å². The minimum atomic E-state index is -0.929. The van der Waals surface area contributed by atoms with Crippen molar-refractivity contribution >= 4 is 11.5 Å². The topological polar surface area (TPSA) is 91.5 Å². The van der Waals surface area contributed by atoms with Crippen molar-refractivity contribution in [3.63, 3.8) is 0 Å². The van der Waals surface area contributed by atoms with E-state index in [9.17, 15) is 9.50 Å². The summed E-state index contributed by atoms with van der Waals surface area (Å²) in [7, 11) is 1.88. The van der Waals surface area contributed by atoms with E-state index in [1.807, 2.05) is 36.3 Å². The van der Waals surface area contributed by atoms with Gasteiger partial charge >= 0.3 is 0 Å². The molecule has 5 heterocycles. The van der Waals surface area contributed by atoms with Gasteiger partial charge in [0.05, 0.1) is 36.0 Å². The van der Waals surface area contributed by atoms with Crippen molar-refractivity contribution < 1.29 is 9.50 Å². The molecule has 0 unspecified atom stereocenters. The fraction of sp³-hybridized carbons (Fsp3) is 0.333. The first-order valence-electron chi connectivity index (χ1n) is 11.2. The third kappa shape index (κ3) is 3.48. The molecule has 9 heteroatoms. The average Bonchev–Trinajstić information content (AvgIpc) is 3.46. The molecule has 0 radical (unpaired) electrons. The Bertz CT molecular complexity index is 1270. The first-order chi connectivity index (χ1) is 16.1. The minimum absolute atomic E-state index is 0.0671. The van der Waals surface area contributed by atoms with Crippen LogP contribution in [0.1, 0.15) is 19.3 Å². The molecule has 2 fully saturated rings. The lowest BCUT2D eigenvalue weighted by atomic mass is 9.96. The van der Waals surface area contributed by atoms with Crippen LogP contribution in [-0.2, 0) is 0 Å². The molecule has 0 aliphatic carbocycles. The van der Waals surface area contributed by atoms with Crippen LogP contribution in [0, 0.1) is 0 Å². The number of aromatic hydroxyl groups is 1. The Morgan fingerprint density at radius 2 is 2.06 bits per heavy atom. The monoisotopic (exact) mass is 445 g/mol.